The highest BCUT2D eigenvalue weighted by atomic mass is 32.1. The fraction of sp³-hybridized carbons (Fsp3) is 0.174. The van der Waals surface area contributed by atoms with Crippen molar-refractivity contribution in [1.82, 2.24) is 4.68 Å². The minimum atomic E-state index is 0.539. The van der Waals surface area contributed by atoms with E-state index in [0.717, 1.165) is 38.7 Å². The molecule has 6 heteroatoms. The van der Waals surface area contributed by atoms with Crippen molar-refractivity contribution >= 4 is 17.0 Å². The second-order valence-corrected chi connectivity index (χ2v) is 7.40. The quantitative estimate of drug-likeness (QED) is 0.437. The maximum atomic E-state index is 9.01. The lowest BCUT2D eigenvalue weighted by Crippen LogP contribution is -2.15. The van der Waals surface area contributed by atoms with Crippen molar-refractivity contribution in [2.75, 3.05) is 13.7 Å². The van der Waals surface area contributed by atoms with Crippen LogP contribution in [0.4, 0.5) is 0 Å². The molecular weight excluding hydrogens is 380 g/mol. The van der Waals surface area contributed by atoms with Gasteiger partial charge in [0.05, 0.1) is 36.7 Å². The normalized spacial score (nSPS) is 11.9. The first-order valence-electron chi connectivity index (χ1n) is 9.08. The van der Waals surface area contributed by atoms with Gasteiger partial charge in [0.1, 0.15) is 5.75 Å². The fourth-order valence-electron chi connectivity index (χ4n) is 2.74. The van der Waals surface area contributed by atoms with Crippen LogP contribution in [0.25, 0.3) is 11.3 Å². The topological polar surface area (TPSA) is 62.7 Å². The highest BCUT2D eigenvalue weighted by Gasteiger charge is 2.13. The van der Waals surface area contributed by atoms with E-state index in [9.17, 15) is 0 Å². The lowest BCUT2D eigenvalue weighted by atomic mass is 10.1. The van der Waals surface area contributed by atoms with Crippen molar-refractivity contribution in [2.45, 2.75) is 13.8 Å². The molecule has 0 saturated carbocycles. The van der Waals surface area contributed by atoms with E-state index in [-0.39, 0.29) is 0 Å². The third-order valence-corrected chi connectivity index (χ3v) is 5.09. The van der Waals surface area contributed by atoms with Crippen molar-refractivity contribution < 1.29 is 4.74 Å². The predicted octanol–water partition coefficient (Wildman–Crippen LogP) is 4.85. The summed E-state index contributed by atoms with van der Waals surface area (Å²) >= 11 is 1.52. The molecule has 0 spiro atoms. The highest BCUT2D eigenvalue weighted by molar-refractivity contribution is 7.07. The van der Waals surface area contributed by atoms with E-state index in [1.54, 1.807) is 19.2 Å². The summed E-state index contributed by atoms with van der Waals surface area (Å²) in [6, 6.07) is 17.4. The maximum absolute atomic E-state index is 9.01. The Hall–Kier alpha value is -3.43. The molecule has 0 aliphatic rings. The van der Waals surface area contributed by atoms with E-state index in [1.807, 2.05) is 60.3 Å². The van der Waals surface area contributed by atoms with Crippen LogP contribution < -0.4 is 9.54 Å². The van der Waals surface area contributed by atoms with Gasteiger partial charge in [0.15, 0.2) is 0 Å². The monoisotopic (exact) mass is 402 g/mol. The van der Waals surface area contributed by atoms with E-state index in [1.165, 1.54) is 11.3 Å². The molecule has 146 valence electrons. The molecule has 0 saturated heterocycles. The molecule has 0 amide bonds. The Morgan fingerprint density at radius 2 is 1.90 bits per heavy atom. The molecule has 0 aliphatic carbocycles. The molecule has 1 aromatic heterocycles. The van der Waals surface area contributed by atoms with Gasteiger partial charge in [-0.05, 0) is 43.7 Å². The molecule has 0 N–H and O–H groups in total. The molecule has 3 aromatic rings. The van der Waals surface area contributed by atoms with Crippen LogP contribution in [0.15, 0.2) is 76.2 Å². The maximum Gasteiger partial charge on any atom is 0.206 e. The van der Waals surface area contributed by atoms with E-state index in [0.29, 0.717) is 12.1 Å². The smallest absolute Gasteiger partial charge is 0.206 e. The SMILES string of the molecule is C=C(C)CN=c1scc(-c2ccccc2OC)n1N=C(C)c1ccc(C#N)cc1. The van der Waals surface area contributed by atoms with Crippen LogP contribution in [0.2, 0.25) is 0 Å². The molecule has 0 aliphatic heterocycles. The number of rotatable bonds is 6. The first-order valence-corrected chi connectivity index (χ1v) is 9.96. The van der Waals surface area contributed by atoms with Crippen LogP contribution in [0.5, 0.6) is 5.75 Å². The fourth-order valence-corrected chi connectivity index (χ4v) is 3.56. The minimum absolute atomic E-state index is 0.539. The van der Waals surface area contributed by atoms with Crippen molar-refractivity contribution in [3.05, 3.63) is 82.0 Å². The van der Waals surface area contributed by atoms with Crippen LogP contribution in [0.3, 0.4) is 0 Å². The number of hydrogen-bond donors (Lipinski definition) is 0. The highest BCUT2D eigenvalue weighted by Crippen LogP contribution is 2.30. The first kappa shape index (κ1) is 20.3. The summed E-state index contributed by atoms with van der Waals surface area (Å²) in [4.78, 5) is 5.45. The molecule has 3 rings (SSSR count). The largest absolute Gasteiger partial charge is 0.496 e. The zero-order valence-electron chi connectivity index (χ0n) is 16.7. The van der Waals surface area contributed by atoms with Gasteiger partial charge in [0.25, 0.3) is 0 Å². The average molecular weight is 403 g/mol. The molecule has 0 bridgehead atoms. The Morgan fingerprint density at radius 1 is 1.17 bits per heavy atom. The summed E-state index contributed by atoms with van der Waals surface area (Å²) in [5.41, 5.74) is 5.22. The number of nitriles is 1. The molecule has 0 unspecified atom stereocenters. The summed E-state index contributed by atoms with van der Waals surface area (Å²) in [6.07, 6.45) is 0. The van der Waals surface area contributed by atoms with Crippen LogP contribution in [-0.2, 0) is 0 Å². The van der Waals surface area contributed by atoms with Crippen LogP contribution >= 0.6 is 11.3 Å². The van der Waals surface area contributed by atoms with Gasteiger partial charge in [-0.25, -0.2) is 4.68 Å². The standard InChI is InChI=1S/C23H22N4OS/c1-16(2)14-25-23-27(26-17(3)19-11-9-18(13-24)10-12-19)21(15-29-23)20-7-5-6-8-22(20)28-4/h5-12,15H,1,14H2,2-4H3. The van der Waals surface area contributed by atoms with Gasteiger partial charge in [-0.1, -0.05) is 36.4 Å². The summed E-state index contributed by atoms with van der Waals surface area (Å²) in [5, 5.41) is 15.9. The number of para-hydroxylation sites is 1. The number of benzene rings is 2. The first-order chi connectivity index (χ1) is 14.0. The lowest BCUT2D eigenvalue weighted by Gasteiger charge is -2.10. The zero-order valence-corrected chi connectivity index (χ0v) is 17.5. The molecule has 2 aromatic carbocycles. The minimum Gasteiger partial charge on any atom is -0.496 e. The Kier molecular flexibility index (Phi) is 6.43. The Labute approximate surface area is 174 Å². The number of thiazole rings is 1. The van der Waals surface area contributed by atoms with E-state index < -0.39 is 0 Å². The number of nitrogens with zero attached hydrogens (tertiary/aromatic N) is 4. The summed E-state index contributed by atoms with van der Waals surface area (Å²) in [5.74, 6) is 0.775. The van der Waals surface area contributed by atoms with E-state index >= 15 is 0 Å². The van der Waals surface area contributed by atoms with Gasteiger partial charge in [-0.15, -0.1) is 11.3 Å². The molecule has 0 atom stereocenters. The second kappa shape index (κ2) is 9.18. The molecule has 0 fully saturated rings. The molecule has 1 heterocycles. The number of methoxy groups -OCH3 is 1. The van der Waals surface area contributed by atoms with Crippen molar-refractivity contribution in [1.29, 1.82) is 5.26 Å². The van der Waals surface area contributed by atoms with Crippen molar-refractivity contribution in [3.8, 4) is 23.1 Å². The van der Waals surface area contributed by atoms with Gasteiger partial charge in [-0.2, -0.15) is 10.4 Å². The Morgan fingerprint density at radius 3 is 2.55 bits per heavy atom. The summed E-state index contributed by atoms with van der Waals surface area (Å²) in [7, 11) is 1.66. The Balaban J connectivity index is 2.16. The number of aromatic nitrogens is 1. The third-order valence-electron chi connectivity index (χ3n) is 4.23. The summed E-state index contributed by atoms with van der Waals surface area (Å²) in [6.45, 7) is 8.37. The van der Waals surface area contributed by atoms with E-state index in [4.69, 9.17) is 15.1 Å². The lowest BCUT2D eigenvalue weighted by molar-refractivity contribution is 0.416. The summed E-state index contributed by atoms with van der Waals surface area (Å²) < 4.78 is 7.39. The molecule has 5 nitrogen and oxygen atoms in total. The number of hydrogen-bond acceptors (Lipinski definition) is 5. The van der Waals surface area contributed by atoms with Gasteiger partial charge in [0, 0.05) is 10.9 Å². The second-order valence-electron chi connectivity index (χ2n) is 6.56. The van der Waals surface area contributed by atoms with Crippen molar-refractivity contribution in [2.24, 2.45) is 10.1 Å². The van der Waals surface area contributed by atoms with Gasteiger partial charge >= 0.3 is 0 Å². The molecule has 0 radical (unpaired) electrons. The molecule has 29 heavy (non-hydrogen) atoms. The third kappa shape index (κ3) is 4.71. The van der Waals surface area contributed by atoms with Crippen molar-refractivity contribution in [3.63, 3.8) is 0 Å². The Bertz CT molecular complexity index is 1160. The molecular formula is C23H22N4OS. The zero-order chi connectivity index (χ0) is 20.8. The van der Waals surface area contributed by atoms with Crippen LogP contribution in [0, 0.1) is 11.3 Å². The van der Waals surface area contributed by atoms with Gasteiger partial charge in [-0.3, -0.25) is 4.99 Å². The predicted molar refractivity (Wildman–Crippen MR) is 118 cm³/mol. The van der Waals surface area contributed by atoms with Gasteiger partial charge < -0.3 is 4.74 Å². The number of ether oxygens (including phenoxy) is 1. The van der Waals surface area contributed by atoms with Crippen LogP contribution in [0.1, 0.15) is 25.0 Å². The average Bonchev–Trinajstić information content (AvgIpc) is 3.14. The van der Waals surface area contributed by atoms with Crippen LogP contribution in [-0.4, -0.2) is 24.0 Å². The van der Waals surface area contributed by atoms with E-state index in [2.05, 4.69) is 17.6 Å². The van der Waals surface area contributed by atoms with Gasteiger partial charge in [0.2, 0.25) is 4.80 Å².